The summed E-state index contributed by atoms with van der Waals surface area (Å²) in [6.45, 7) is 2.47. The highest BCUT2D eigenvalue weighted by Crippen LogP contribution is 2.23. The number of aromatic nitrogens is 1. The Kier molecular flexibility index (Phi) is 6.50. The lowest BCUT2D eigenvalue weighted by atomic mass is 9.92. The largest absolute Gasteiger partial charge is 0.350 e. The summed E-state index contributed by atoms with van der Waals surface area (Å²) >= 11 is 0. The summed E-state index contributed by atoms with van der Waals surface area (Å²) in [7, 11) is 0. The molecule has 2 aliphatic rings. The first-order chi connectivity index (χ1) is 15.4. The lowest BCUT2D eigenvalue weighted by Gasteiger charge is -2.32. The number of benzene rings is 1. The number of aryl methyl sites for hydroxylation is 1. The van der Waals surface area contributed by atoms with Crippen molar-refractivity contribution in [2.45, 2.75) is 50.9 Å². The maximum absolute atomic E-state index is 13.4. The molecule has 1 aromatic heterocycles. The molecule has 1 atom stereocenters. The molecule has 0 bridgehead atoms. The first kappa shape index (κ1) is 22.0. The van der Waals surface area contributed by atoms with Crippen LogP contribution in [0.2, 0.25) is 0 Å². The van der Waals surface area contributed by atoms with Crippen molar-refractivity contribution in [2.24, 2.45) is 5.73 Å². The van der Waals surface area contributed by atoms with E-state index in [1.54, 1.807) is 30.5 Å². The van der Waals surface area contributed by atoms with Gasteiger partial charge in [-0.1, -0.05) is 17.7 Å². The number of carbonyl (C=O) groups is 3. The highest BCUT2D eigenvalue weighted by Gasteiger charge is 2.43. The highest BCUT2D eigenvalue weighted by atomic mass is 16.2. The van der Waals surface area contributed by atoms with Crippen LogP contribution in [-0.4, -0.2) is 63.8 Å². The Bertz CT molecular complexity index is 988. The first-order valence-corrected chi connectivity index (χ1v) is 11.1. The minimum absolute atomic E-state index is 0.00540. The van der Waals surface area contributed by atoms with Gasteiger partial charge in [-0.15, -0.1) is 0 Å². The number of pyridine rings is 1. The molecule has 1 saturated carbocycles. The van der Waals surface area contributed by atoms with Crippen molar-refractivity contribution in [3.8, 4) is 0 Å². The Morgan fingerprint density at radius 2 is 1.62 bits per heavy atom. The zero-order valence-electron chi connectivity index (χ0n) is 18.2. The Labute approximate surface area is 187 Å². The lowest BCUT2D eigenvalue weighted by Crippen LogP contribution is -2.56. The van der Waals surface area contributed by atoms with Crippen LogP contribution in [0.3, 0.4) is 0 Å². The van der Waals surface area contributed by atoms with E-state index >= 15 is 0 Å². The zero-order chi connectivity index (χ0) is 22.7. The van der Waals surface area contributed by atoms with Gasteiger partial charge in [0.15, 0.2) is 6.17 Å². The van der Waals surface area contributed by atoms with Crippen molar-refractivity contribution in [3.63, 3.8) is 0 Å². The van der Waals surface area contributed by atoms with Crippen LogP contribution >= 0.6 is 0 Å². The van der Waals surface area contributed by atoms with Crippen LogP contribution in [0, 0.1) is 6.92 Å². The van der Waals surface area contributed by atoms with Gasteiger partial charge >= 0.3 is 0 Å². The minimum Gasteiger partial charge on any atom is -0.350 e. The second-order valence-corrected chi connectivity index (χ2v) is 8.60. The Morgan fingerprint density at radius 1 is 0.969 bits per heavy atom. The van der Waals surface area contributed by atoms with Gasteiger partial charge in [-0.3, -0.25) is 19.4 Å². The molecule has 2 fully saturated rings. The molecule has 2 aromatic rings. The predicted molar refractivity (Wildman–Crippen MR) is 120 cm³/mol. The summed E-state index contributed by atoms with van der Waals surface area (Å²) < 4.78 is 0. The molecule has 1 aliphatic heterocycles. The molecule has 32 heavy (non-hydrogen) atoms. The monoisotopic (exact) mass is 435 g/mol. The van der Waals surface area contributed by atoms with Crippen molar-refractivity contribution in [1.29, 1.82) is 0 Å². The number of rotatable bonds is 4. The maximum atomic E-state index is 13.4. The topological polar surface area (TPSA) is 109 Å². The molecule has 3 amide bonds. The molecule has 1 aromatic carbocycles. The summed E-state index contributed by atoms with van der Waals surface area (Å²) in [4.78, 5) is 46.9. The van der Waals surface area contributed by atoms with E-state index in [0.717, 1.165) is 31.2 Å². The fourth-order valence-electron chi connectivity index (χ4n) is 4.47. The fourth-order valence-corrected chi connectivity index (χ4v) is 4.47. The minimum atomic E-state index is -1.01. The molecule has 1 unspecified atom stereocenters. The van der Waals surface area contributed by atoms with Crippen molar-refractivity contribution >= 4 is 17.7 Å². The average Bonchev–Trinajstić information content (AvgIpc) is 3.25. The molecular weight excluding hydrogens is 406 g/mol. The van der Waals surface area contributed by atoms with Gasteiger partial charge < -0.3 is 20.9 Å². The number of nitrogens with two attached hydrogens (primary N) is 1. The third-order valence-electron chi connectivity index (χ3n) is 6.22. The lowest BCUT2D eigenvalue weighted by molar-refractivity contribution is -0.129. The van der Waals surface area contributed by atoms with Crippen molar-refractivity contribution in [1.82, 2.24) is 20.1 Å². The van der Waals surface area contributed by atoms with Gasteiger partial charge in [0.05, 0.1) is 5.56 Å². The van der Waals surface area contributed by atoms with Gasteiger partial charge in [0, 0.05) is 43.1 Å². The molecule has 8 heteroatoms. The van der Waals surface area contributed by atoms with Crippen molar-refractivity contribution < 1.29 is 14.4 Å². The van der Waals surface area contributed by atoms with E-state index in [-0.39, 0.29) is 42.9 Å². The van der Waals surface area contributed by atoms with Gasteiger partial charge in [0.1, 0.15) is 0 Å². The summed E-state index contributed by atoms with van der Waals surface area (Å²) in [6.07, 6.45) is 5.34. The van der Waals surface area contributed by atoms with Crippen LogP contribution in [0.15, 0.2) is 48.8 Å². The third kappa shape index (κ3) is 4.65. The molecule has 1 saturated heterocycles. The quantitative estimate of drug-likeness (QED) is 0.760. The zero-order valence-corrected chi connectivity index (χ0v) is 18.2. The summed E-state index contributed by atoms with van der Waals surface area (Å²) in [5.41, 5.74) is 7.84. The number of carbonyl (C=O) groups excluding carboxylic acids is 3. The van der Waals surface area contributed by atoms with E-state index < -0.39 is 6.17 Å². The molecule has 4 rings (SSSR count). The molecule has 3 N–H and O–H groups in total. The summed E-state index contributed by atoms with van der Waals surface area (Å²) in [5.74, 6) is -0.911. The van der Waals surface area contributed by atoms with E-state index in [9.17, 15) is 14.4 Å². The van der Waals surface area contributed by atoms with Crippen LogP contribution < -0.4 is 11.1 Å². The molecule has 0 spiro atoms. The van der Waals surface area contributed by atoms with E-state index in [1.165, 1.54) is 16.0 Å². The second-order valence-electron chi connectivity index (χ2n) is 8.60. The SMILES string of the molecule is Cc1cccc(C(=O)N2CCN(C(=O)c3cccnc3)C2C(=O)NC2CCC(N)CC2)c1. The standard InChI is InChI=1S/C24H29N5O3/c1-16-4-2-5-17(14-16)23(31)28-12-13-29(24(32)18-6-3-11-26-15-18)22(28)21(30)27-20-9-7-19(25)8-10-20/h2-6,11,14-15,19-20,22H,7-10,12-13,25H2,1H3,(H,27,30). The Hall–Kier alpha value is -3.26. The van der Waals surface area contributed by atoms with Gasteiger partial charge in [0.2, 0.25) is 0 Å². The number of nitrogens with zero attached hydrogens (tertiary/aromatic N) is 3. The first-order valence-electron chi connectivity index (χ1n) is 11.1. The average molecular weight is 436 g/mol. The van der Waals surface area contributed by atoms with Gasteiger partial charge in [-0.2, -0.15) is 0 Å². The molecule has 168 valence electrons. The molecule has 1 aliphatic carbocycles. The molecule has 0 radical (unpaired) electrons. The number of nitrogens with one attached hydrogen (secondary N) is 1. The van der Waals surface area contributed by atoms with Crippen LogP contribution in [0.1, 0.15) is 52.0 Å². The normalized spacial score (nSPS) is 23.1. The molecule has 2 heterocycles. The van der Waals surface area contributed by atoms with E-state index in [2.05, 4.69) is 10.3 Å². The number of amides is 3. The Morgan fingerprint density at radius 3 is 2.25 bits per heavy atom. The predicted octanol–water partition coefficient (Wildman–Crippen LogP) is 1.70. The third-order valence-corrected chi connectivity index (χ3v) is 6.22. The van der Waals surface area contributed by atoms with Crippen LogP contribution in [0.4, 0.5) is 0 Å². The second kappa shape index (κ2) is 9.48. The Balaban J connectivity index is 1.59. The van der Waals surface area contributed by atoms with Gasteiger partial charge in [-0.25, -0.2) is 0 Å². The van der Waals surface area contributed by atoms with Gasteiger partial charge in [-0.05, 0) is 56.9 Å². The molecular formula is C24H29N5O3. The summed E-state index contributed by atoms with van der Waals surface area (Å²) in [6, 6.07) is 10.8. The van der Waals surface area contributed by atoms with Gasteiger partial charge in [0.25, 0.3) is 17.7 Å². The van der Waals surface area contributed by atoms with Crippen LogP contribution in [-0.2, 0) is 4.79 Å². The van der Waals surface area contributed by atoms with Crippen molar-refractivity contribution in [3.05, 3.63) is 65.5 Å². The number of hydrogen-bond acceptors (Lipinski definition) is 5. The molecule has 8 nitrogen and oxygen atoms in total. The fraction of sp³-hybridized carbons (Fsp3) is 0.417. The van der Waals surface area contributed by atoms with E-state index in [4.69, 9.17) is 5.73 Å². The van der Waals surface area contributed by atoms with Crippen molar-refractivity contribution in [2.75, 3.05) is 13.1 Å². The van der Waals surface area contributed by atoms with Crippen LogP contribution in [0.5, 0.6) is 0 Å². The highest BCUT2D eigenvalue weighted by molar-refractivity contribution is 6.02. The van der Waals surface area contributed by atoms with Crippen LogP contribution in [0.25, 0.3) is 0 Å². The van der Waals surface area contributed by atoms with E-state index in [1.807, 2.05) is 19.1 Å². The smallest absolute Gasteiger partial charge is 0.264 e. The number of hydrogen-bond donors (Lipinski definition) is 2. The van der Waals surface area contributed by atoms with E-state index in [0.29, 0.717) is 11.1 Å². The summed E-state index contributed by atoms with van der Waals surface area (Å²) in [5, 5.41) is 3.07. The maximum Gasteiger partial charge on any atom is 0.264 e.